The number of aryl methyl sites for hydroxylation is 2. The number of alkyl halides is 1. The summed E-state index contributed by atoms with van der Waals surface area (Å²) < 4.78 is 0. The van der Waals surface area contributed by atoms with Crippen LogP contribution in [0.25, 0.3) is 0 Å². The van der Waals surface area contributed by atoms with Crippen LogP contribution in [0.5, 0.6) is 0 Å². The summed E-state index contributed by atoms with van der Waals surface area (Å²) in [7, 11) is 0. The maximum absolute atomic E-state index is 9.30. The van der Waals surface area contributed by atoms with Crippen LogP contribution in [0, 0.1) is 0 Å². The third-order valence-electron chi connectivity index (χ3n) is 3.40. The predicted molar refractivity (Wildman–Crippen MR) is 92.1 cm³/mol. The van der Waals surface area contributed by atoms with Crippen molar-refractivity contribution >= 4 is 11.6 Å². The third-order valence-corrected chi connectivity index (χ3v) is 3.63. The molecule has 0 bridgehead atoms. The molecule has 0 saturated carbocycles. The van der Waals surface area contributed by atoms with Gasteiger partial charge in [0.15, 0.2) is 0 Å². The minimum Gasteiger partial charge on any atom is -0.389 e. The minimum absolute atomic E-state index is 0.0682. The fraction of sp³-hybridized carbons (Fsp3) is 0.444. The van der Waals surface area contributed by atoms with Crippen LogP contribution < -0.4 is 0 Å². The van der Waals surface area contributed by atoms with Gasteiger partial charge in [0.25, 0.3) is 0 Å². The first-order chi connectivity index (χ1) is 10.5. The summed E-state index contributed by atoms with van der Waals surface area (Å²) in [6.45, 7) is 7.85. The smallest absolute Gasteiger partial charge is 0.0779 e. The monoisotopic (exact) mass is 320 g/mol. The molecule has 120 valence electrons. The second-order valence-corrected chi connectivity index (χ2v) is 5.73. The summed E-state index contributed by atoms with van der Waals surface area (Å²) >= 11 is 5.95. The predicted octanol–water partition coefficient (Wildman–Crippen LogP) is 4.64. The Bertz CT molecular complexity index is 519. The Labute approximate surface area is 138 Å². The normalized spacial score (nSPS) is 13.0. The number of pyridine rings is 2. The van der Waals surface area contributed by atoms with Gasteiger partial charge in [0.05, 0.1) is 11.5 Å². The molecule has 0 aliphatic heterocycles. The molecule has 0 saturated heterocycles. The van der Waals surface area contributed by atoms with Gasteiger partial charge in [0.1, 0.15) is 0 Å². The van der Waals surface area contributed by atoms with E-state index in [0.717, 1.165) is 35.4 Å². The van der Waals surface area contributed by atoms with E-state index in [0.29, 0.717) is 0 Å². The van der Waals surface area contributed by atoms with Crippen LogP contribution in [-0.4, -0.2) is 15.1 Å². The van der Waals surface area contributed by atoms with Gasteiger partial charge in [0.2, 0.25) is 0 Å². The molecule has 4 heteroatoms. The largest absolute Gasteiger partial charge is 0.389 e. The molecule has 0 spiro atoms. The molecule has 22 heavy (non-hydrogen) atoms. The van der Waals surface area contributed by atoms with E-state index in [1.807, 2.05) is 44.3 Å². The van der Waals surface area contributed by atoms with E-state index >= 15 is 0 Å². The fourth-order valence-corrected chi connectivity index (χ4v) is 2.43. The van der Waals surface area contributed by atoms with Gasteiger partial charge >= 0.3 is 0 Å². The average Bonchev–Trinajstić information content (AvgIpc) is 2.55. The van der Waals surface area contributed by atoms with Gasteiger partial charge in [-0.2, -0.15) is 0 Å². The first-order valence-corrected chi connectivity index (χ1v) is 8.14. The van der Waals surface area contributed by atoms with Crippen molar-refractivity contribution in [1.82, 2.24) is 9.97 Å². The number of hydrogen-bond donors (Lipinski definition) is 1. The van der Waals surface area contributed by atoms with Crippen molar-refractivity contribution in [2.75, 3.05) is 0 Å². The molecule has 0 aliphatic rings. The Hall–Kier alpha value is -1.45. The average molecular weight is 321 g/mol. The summed E-state index contributed by atoms with van der Waals surface area (Å²) in [5.41, 5.74) is 4.18. The molecule has 0 fully saturated rings. The van der Waals surface area contributed by atoms with E-state index in [1.165, 1.54) is 0 Å². The van der Waals surface area contributed by atoms with Crippen LogP contribution in [0.4, 0.5) is 0 Å². The van der Waals surface area contributed by atoms with E-state index in [-0.39, 0.29) is 5.38 Å². The summed E-state index contributed by atoms with van der Waals surface area (Å²) in [5, 5.41) is 9.36. The Morgan fingerprint density at radius 3 is 1.73 bits per heavy atom. The molecule has 2 unspecified atom stereocenters. The first kappa shape index (κ1) is 18.6. The molecule has 3 nitrogen and oxygen atoms in total. The molecule has 0 aliphatic carbocycles. The van der Waals surface area contributed by atoms with E-state index in [9.17, 15) is 5.11 Å². The lowest BCUT2D eigenvalue weighted by Crippen LogP contribution is -1.99. The van der Waals surface area contributed by atoms with Gasteiger partial charge in [0, 0.05) is 29.3 Å². The quantitative estimate of drug-likeness (QED) is 0.835. The molecular formula is C18H25ClN2O. The van der Waals surface area contributed by atoms with Crippen molar-refractivity contribution in [2.24, 2.45) is 0 Å². The highest BCUT2D eigenvalue weighted by atomic mass is 35.5. The fourth-order valence-electron chi connectivity index (χ4n) is 2.23. The number of hydrogen-bond acceptors (Lipinski definition) is 3. The first-order valence-electron chi connectivity index (χ1n) is 7.70. The molecule has 1 N–H and O–H groups in total. The number of aliphatic hydroxyl groups is 1. The number of rotatable bonds is 4. The van der Waals surface area contributed by atoms with Gasteiger partial charge in [-0.25, -0.2) is 0 Å². The van der Waals surface area contributed by atoms with Crippen molar-refractivity contribution in [1.29, 1.82) is 0 Å². The highest BCUT2D eigenvalue weighted by Gasteiger charge is 2.06. The maximum Gasteiger partial charge on any atom is 0.0779 e. The maximum atomic E-state index is 9.30. The topological polar surface area (TPSA) is 46.0 Å². The van der Waals surface area contributed by atoms with Crippen molar-refractivity contribution in [3.63, 3.8) is 0 Å². The van der Waals surface area contributed by atoms with Gasteiger partial charge in [-0.1, -0.05) is 26.0 Å². The van der Waals surface area contributed by atoms with E-state index in [4.69, 9.17) is 11.6 Å². The number of halogens is 1. The van der Waals surface area contributed by atoms with Crippen molar-refractivity contribution in [2.45, 2.75) is 52.0 Å². The highest BCUT2D eigenvalue weighted by molar-refractivity contribution is 6.20. The zero-order valence-corrected chi connectivity index (χ0v) is 14.5. The van der Waals surface area contributed by atoms with E-state index in [2.05, 4.69) is 16.9 Å². The minimum atomic E-state index is -0.404. The van der Waals surface area contributed by atoms with Crippen LogP contribution in [-0.2, 0) is 12.8 Å². The van der Waals surface area contributed by atoms with Gasteiger partial charge in [-0.3, -0.25) is 9.97 Å². The van der Waals surface area contributed by atoms with Crippen LogP contribution >= 0.6 is 11.6 Å². The SMILES string of the molecule is CCc1ncccc1C(C)Cl.CCc1ncccc1C(C)O. The zero-order valence-electron chi connectivity index (χ0n) is 13.8. The number of aliphatic hydroxyl groups excluding tert-OH is 1. The zero-order chi connectivity index (χ0) is 16.5. The van der Waals surface area contributed by atoms with E-state index in [1.54, 1.807) is 13.1 Å². The standard InChI is InChI=1S/C9H12ClN.C9H13NO/c1-3-9-8(7(2)10)5-4-6-11-9;1-3-9-8(7(2)11)5-4-6-10-9/h4-7H,3H2,1-2H3;4-7,11H,3H2,1-2H3. The molecule has 2 heterocycles. The molecule has 0 amide bonds. The van der Waals surface area contributed by atoms with Crippen molar-refractivity contribution < 1.29 is 5.11 Å². The van der Waals surface area contributed by atoms with Crippen molar-refractivity contribution in [3.8, 4) is 0 Å². The molecular weight excluding hydrogens is 296 g/mol. The number of aromatic nitrogens is 2. The summed E-state index contributed by atoms with van der Waals surface area (Å²) in [6.07, 6.45) is 4.99. The lowest BCUT2D eigenvalue weighted by Gasteiger charge is -2.07. The lowest BCUT2D eigenvalue weighted by molar-refractivity contribution is 0.197. The van der Waals surface area contributed by atoms with Crippen LogP contribution in [0.15, 0.2) is 36.7 Å². The third kappa shape index (κ3) is 5.39. The van der Waals surface area contributed by atoms with Gasteiger partial charge in [-0.05, 0) is 44.4 Å². The Balaban J connectivity index is 0.000000220. The summed E-state index contributed by atoms with van der Waals surface area (Å²) in [5.74, 6) is 0. The van der Waals surface area contributed by atoms with Crippen molar-refractivity contribution in [3.05, 3.63) is 59.2 Å². The highest BCUT2D eigenvalue weighted by Crippen LogP contribution is 2.21. The molecule has 2 atom stereocenters. The van der Waals surface area contributed by atoms with Gasteiger partial charge < -0.3 is 5.11 Å². The van der Waals surface area contributed by atoms with Crippen LogP contribution in [0.2, 0.25) is 0 Å². The lowest BCUT2D eigenvalue weighted by atomic mass is 10.1. The molecule has 2 aromatic rings. The summed E-state index contributed by atoms with van der Waals surface area (Å²) in [4.78, 5) is 8.39. The van der Waals surface area contributed by atoms with E-state index < -0.39 is 6.10 Å². The summed E-state index contributed by atoms with van der Waals surface area (Å²) in [6, 6.07) is 7.72. The van der Waals surface area contributed by atoms with Gasteiger partial charge in [-0.15, -0.1) is 11.6 Å². The molecule has 0 aromatic carbocycles. The van der Waals surface area contributed by atoms with Crippen LogP contribution in [0.3, 0.4) is 0 Å². The van der Waals surface area contributed by atoms with Crippen LogP contribution in [0.1, 0.15) is 61.7 Å². The Morgan fingerprint density at radius 1 is 0.955 bits per heavy atom. The molecule has 0 radical (unpaired) electrons. The molecule has 2 rings (SSSR count). The Morgan fingerprint density at radius 2 is 1.41 bits per heavy atom. The molecule has 2 aromatic heterocycles. The number of nitrogens with zero attached hydrogens (tertiary/aromatic N) is 2. The second-order valence-electron chi connectivity index (χ2n) is 5.08. The second kappa shape index (κ2) is 9.54. The Kier molecular flexibility index (Phi) is 8.07.